The number of rotatable bonds is 7. The Morgan fingerprint density at radius 3 is 2.52 bits per heavy atom. The summed E-state index contributed by atoms with van der Waals surface area (Å²) in [5.74, 6) is 1.54. The van der Waals surface area contributed by atoms with Gasteiger partial charge in [0.25, 0.3) is 5.91 Å². The third-order valence-electron chi connectivity index (χ3n) is 4.09. The Morgan fingerprint density at radius 2 is 2.04 bits per heavy atom. The molecule has 1 aromatic rings. The zero-order valence-corrected chi connectivity index (χ0v) is 15.0. The highest BCUT2D eigenvalue weighted by molar-refractivity contribution is 5.95. The van der Waals surface area contributed by atoms with Crippen molar-refractivity contribution in [2.24, 2.45) is 11.7 Å². The first-order valence-electron chi connectivity index (χ1n) is 7.77. The molecule has 0 bridgehead atoms. The number of ether oxygens (including phenoxy) is 2. The molecule has 1 aliphatic rings. The molecule has 0 saturated heterocycles. The van der Waals surface area contributed by atoms with Crippen molar-refractivity contribution in [1.29, 1.82) is 0 Å². The van der Waals surface area contributed by atoms with Gasteiger partial charge in [0.15, 0.2) is 11.5 Å². The standard InChI is InChI=1S/C17H26N2O3.ClH/c1-11(2)22-14-8-5-12(9-15(14)21-4)16(20)19-17(3,10-18)13-6-7-13;/h5,8-9,11,13H,6-7,10,18H2,1-4H3,(H,19,20);1H. The second kappa shape index (κ2) is 7.88. The summed E-state index contributed by atoms with van der Waals surface area (Å²) in [6.07, 6.45) is 2.29. The average molecular weight is 343 g/mol. The van der Waals surface area contributed by atoms with E-state index in [1.54, 1.807) is 25.3 Å². The predicted molar refractivity (Wildman–Crippen MR) is 93.7 cm³/mol. The molecule has 1 aliphatic carbocycles. The van der Waals surface area contributed by atoms with E-state index in [0.717, 1.165) is 12.8 Å². The van der Waals surface area contributed by atoms with Crippen LogP contribution in [0.4, 0.5) is 0 Å². The summed E-state index contributed by atoms with van der Waals surface area (Å²) in [5.41, 5.74) is 6.06. The average Bonchev–Trinajstić information content (AvgIpc) is 3.31. The number of carbonyl (C=O) groups is 1. The number of methoxy groups -OCH3 is 1. The van der Waals surface area contributed by atoms with Gasteiger partial charge in [-0.1, -0.05) is 0 Å². The van der Waals surface area contributed by atoms with Crippen molar-refractivity contribution in [2.75, 3.05) is 13.7 Å². The SMILES string of the molecule is COc1cc(C(=O)NC(C)(CN)C2CC2)ccc1OC(C)C.Cl. The van der Waals surface area contributed by atoms with Crippen LogP contribution >= 0.6 is 12.4 Å². The van der Waals surface area contributed by atoms with E-state index in [0.29, 0.717) is 29.5 Å². The largest absolute Gasteiger partial charge is 0.493 e. The molecule has 23 heavy (non-hydrogen) atoms. The van der Waals surface area contributed by atoms with Gasteiger partial charge in [-0.3, -0.25) is 4.79 Å². The van der Waals surface area contributed by atoms with Gasteiger partial charge in [-0.05, 0) is 57.7 Å². The molecule has 1 amide bonds. The van der Waals surface area contributed by atoms with Crippen LogP contribution in [0.3, 0.4) is 0 Å². The van der Waals surface area contributed by atoms with Crippen LogP contribution in [0.5, 0.6) is 11.5 Å². The van der Waals surface area contributed by atoms with Crippen LogP contribution in [0.2, 0.25) is 0 Å². The third-order valence-corrected chi connectivity index (χ3v) is 4.09. The van der Waals surface area contributed by atoms with Gasteiger partial charge in [0.2, 0.25) is 0 Å². The summed E-state index contributed by atoms with van der Waals surface area (Å²) < 4.78 is 11.0. The van der Waals surface area contributed by atoms with Gasteiger partial charge in [0.1, 0.15) is 0 Å². The Kier molecular flexibility index (Phi) is 6.71. The number of amides is 1. The maximum atomic E-state index is 12.5. The summed E-state index contributed by atoms with van der Waals surface area (Å²) in [6.45, 7) is 6.34. The zero-order chi connectivity index (χ0) is 16.3. The first-order valence-corrected chi connectivity index (χ1v) is 7.77. The summed E-state index contributed by atoms with van der Waals surface area (Å²) in [4.78, 5) is 12.5. The fourth-order valence-corrected chi connectivity index (χ4v) is 2.53. The molecule has 1 fully saturated rings. The number of nitrogens with two attached hydrogens (primary N) is 1. The van der Waals surface area contributed by atoms with Crippen LogP contribution in [-0.2, 0) is 0 Å². The number of benzene rings is 1. The van der Waals surface area contributed by atoms with Gasteiger partial charge in [-0.25, -0.2) is 0 Å². The van der Waals surface area contributed by atoms with Crippen LogP contribution in [0.1, 0.15) is 44.0 Å². The Morgan fingerprint density at radius 1 is 1.39 bits per heavy atom. The molecule has 130 valence electrons. The van der Waals surface area contributed by atoms with Gasteiger partial charge in [0.05, 0.1) is 18.8 Å². The summed E-state index contributed by atoms with van der Waals surface area (Å²) in [7, 11) is 1.57. The maximum absolute atomic E-state index is 12.5. The minimum atomic E-state index is -0.336. The molecule has 5 nitrogen and oxygen atoms in total. The van der Waals surface area contributed by atoms with E-state index < -0.39 is 0 Å². The van der Waals surface area contributed by atoms with Crippen LogP contribution in [-0.4, -0.2) is 31.2 Å². The molecular weight excluding hydrogens is 316 g/mol. The highest BCUT2D eigenvalue weighted by Crippen LogP contribution is 2.39. The smallest absolute Gasteiger partial charge is 0.251 e. The number of nitrogens with one attached hydrogen (secondary N) is 1. The van der Waals surface area contributed by atoms with Crippen molar-refractivity contribution >= 4 is 18.3 Å². The van der Waals surface area contributed by atoms with Gasteiger partial charge >= 0.3 is 0 Å². The van der Waals surface area contributed by atoms with Gasteiger partial charge in [0, 0.05) is 12.1 Å². The van der Waals surface area contributed by atoms with E-state index in [9.17, 15) is 4.79 Å². The van der Waals surface area contributed by atoms with Crippen molar-refractivity contribution in [3.63, 3.8) is 0 Å². The van der Waals surface area contributed by atoms with E-state index in [4.69, 9.17) is 15.2 Å². The molecule has 0 aromatic heterocycles. The van der Waals surface area contributed by atoms with Gasteiger partial charge in [-0.2, -0.15) is 0 Å². The summed E-state index contributed by atoms with van der Waals surface area (Å²) in [6, 6.07) is 5.22. The fraction of sp³-hybridized carbons (Fsp3) is 0.588. The third kappa shape index (κ3) is 4.75. The summed E-state index contributed by atoms with van der Waals surface area (Å²) in [5, 5.41) is 3.07. The fourth-order valence-electron chi connectivity index (χ4n) is 2.53. The minimum Gasteiger partial charge on any atom is -0.493 e. The molecule has 1 atom stereocenters. The van der Waals surface area contributed by atoms with Crippen molar-refractivity contribution in [3.8, 4) is 11.5 Å². The van der Waals surface area contributed by atoms with Crippen LogP contribution in [0, 0.1) is 5.92 Å². The lowest BCUT2D eigenvalue weighted by molar-refractivity contribution is 0.0897. The molecule has 1 saturated carbocycles. The van der Waals surface area contributed by atoms with E-state index >= 15 is 0 Å². The van der Waals surface area contributed by atoms with Crippen molar-refractivity contribution in [2.45, 2.75) is 45.3 Å². The lowest BCUT2D eigenvalue weighted by Crippen LogP contribution is -2.53. The zero-order valence-electron chi connectivity index (χ0n) is 14.2. The maximum Gasteiger partial charge on any atom is 0.251 e. The predicted octanol–water partition coefficient (Wildman–Crippen LogP) is 2.76. The molecule has 0 spiro atoms. The minimum absolute atomic E-state index is 0. The van der Waals surface area contributed by atoms with E-state index in [1.165, 1.54) is 0 Å². The molecular formula is C17H27ClN2O3. The number of hydrogen-bond acceptors (Lipinski definition) is 4. The Hall–Kier alpha value is -1.46. The van der Waals surface area contributed by atoms with E-state index in [-0.39, 0.29) is 30.0 Å². The van der Waals surface area contributed by atoms with E-state index in [2.05, 4.69) is 5.32 Å². The second-order valence-corrected chi connectivity index (χ2v) is 6.38. The molecule has 0 aliphatic heterocycles. The van der Waals surface area contributed by atoms with Gasteiger partial charge in [-0.15, -0.1) is 12.4 Å². The van der Waals surface area contributed by atoms with Crippen LogP contribution in [0.15, 0.2) is 18.2 Å². The normalized spacial score (nSPS) is 16.3. The van der Waals surface area contributed by atoms with Crippen molar-refractivity contribution in [3.05, 3.63) is 23.8 Å². The summed E-state index contributed by atoms with van der Waals surface area (Å²) >= 11 is 0. The Balaban J connectivity index is 0.00000264. The Labute approximate surface area is 144 Å². The van der Waals surface area contributed by atoms with Gasteiger partial charge < -0.3 is 20.5 Å². The van der Waals surface area contributed by atoms with E-state index in [1.807, 2.05) is 20.8 Å². The molecule has 0 heterocycles. The number of halogens is 1. The van der Waals surface area contributed by atoms with Crippen LogP contribution < -0.4 is 20.5 Å². The van der Waals surface area contributed by atoms with Crippen LogP contribution in [0.25, 0.3) is 0 Å². The second-order valence-electron chi connectivity index (χ2n) is 6.38. The first kappa shape index (κ1) is 19.6. The Bertz CT molecular complexity index is 547. The quantitative estimate of drug-likeness (QED) is 0.799. The highest BCUT2D eigenvalue weighted by Gasteiger charge is 2.41. The topological polar surface area (TPSA) is 73.6 Å². The monoisotopic (exact) mass is 342 g/mol. The molecule has 2 rings (SSSR count). The molecule has 1 aromatic carbocycles. The molecule has 0 radical (unpaired) electrons. The van der Waals surface area contributed by atoms with Crippen molar-refractivity contribution in [1.82, 2.24) is 5.32 Å². The first-order chi connectivity index (χ1) is 10.4. The highest BCUT2D eigenvalue weighted by atomic mass is 35.5. The number of hydrogen-bond donors (Lipinski definition) is 2. The molecule has 3 N–H and O–H groups in total. The lowest BCUT2D eigenvalue weighted by Gasteiger charge is -2.29. The number of carbonyl (C=O) groups excluding carboxylic acids is 1. The molecule has 1 unspecified atom stereocenters. The molecule has 6 heteroatoms. The van der Waals surface area contributed by atoms with Crippen molar-refractivity contribution < 1.29 is 14.3 Å². The lowest BCUT2D eigenvalue weighted by atomic mass is 9.95.